The van der Waals surface area contributed by atoms with Crippen LogP contribution in [0.1, 0.15) is 12.8 Å². The molecule has 2 N–H and O–H groups in total. The summed E-state index contributed by atoms with van der Waals surface area (Å²) in [5, 5.41) is 0. The summed E-state index contributed by atoms with van der Waals surface area (Å²) in [5.74, 6) is 0. The highest BCUT2D eigenvalue weighted by molar-refractivity contribution is 5.38. The zero-order valence-corrected chi connectivity index (χ0v) is 5.72. The van der Waals surface area contributed by atoms with Crippen LogP contribution in [-0.2, 0) is 0 Å². The third kappa shape index (κ3) is 0.817. The van der Waals surface area contributed by atoms with Gasteiger partial charge in [0, 0.05) is 11.9 Å². The van der Waals surface area contributed by atoms with E-state index >= 15 is 0 Å². The zero-order valence-electron chi connectivity index (χ0n) is 5.72. The third-order valence-electron chi connectivity index (χ3n) is 1.78. The predicted molar refractivity (Wildman–Crippen MR) is 40.8 cm³/mol. The van der Waals surface area contributed by atoms with Crippen LogP contribution in [0.15, 0.2) is 35.7 Å². The van der Waals surface area contributed by atoms with Crippen molar-refractivity contribution >= 4 is 0 Å². The lowest BCUT2D eigenvalue weighted by Crippen LogP contribution is -2.30. The Kier molecular flexibility index (Phi) is 1.24. The minimum absolute atomic E-state index is 1.13. The van der Waals surface area contributed by atoms with Crippen LogP contribution in [0.4, 0.5) is 0 Å². The van der Waals surface area contributed by atoms with Gasteiger partial charge in [-0.2, -0.15) is 0 Å². The Morgan fingerprint density at radius 3 is 3.20 bits per heavy atom. The first-order chi connectivity index (χ1) is 4.97. The second-order valence-corrected chi connectivity index (χ2v) is 2.48. The molecule has 0 amide bonds. The van der Waals surface area contributed by atoms with Gasteiger partial charge in [-0.3, -0.25) is 0 Å². The van der Waals surface area contributed by atoms with E-state index in [0.29, 0.717) is 0 Å². The molecule has 0 unspecified atom stereocenters. The van der Waals surface area contributed by atoms with Crippen LogP contribution in [0, 0.1) is 0 Å². The number of allylic oxidation sites excluding steroid dienone is 5. The quantitative estimate of drug-likeness (QED) is 0.520. The first kappa shape index (κ1) is 5.59. The van der Waals surface area contributed by atoms with Gasteiger partial charge in [0.25, 0.3) is 0 Å². The first-order valence-corrected chi connectivity index (χ1v) is 3.54. The van der Waals surface area contributed by atoms with Crippen molar-refractivity contribution in [3.8, 4) is 0 Å². The third-order valence-corrected chi connectivity index (χ3v) is 1.78. The van der Waals surface area contributed by atoms with Crippen LogP contribution >= 0.6 is 0 Å². The average molecular weight is 134 g/mol. The summed E-state index contributed by atoms with van der Waals surface area (Å²) in [5.41, 5.74) is 8.69. The molecular weight excluding hydrogens is 124 g/mol. The molecule has 0 aromatic carbocycles. The number of rotatable bonds is 0. The normalized spacial score (nSPS) is 21.6. The van der Waals surface area contributed by atoms with Crippen molar-refractivity contribution in [1.29, 1.82) is 0 Å². The van der Waals surface area contributed by atoms with Gasteiger partial charge in [0.1, 0.15) is 0 Å². The minimum atomic E-state index is 1.13. The van der Waals surface area contributed by atoms with Gasteiger partial charge in [0.15, 0.2) is 0 Å². The Morgan fingerprint density at radius 1 is 1.30 bits per heavy atom. The lowest BCUT2D eigenvalue weighted by molar-refractivity contribution is 0.666. The molecule has 0 spiro atoms. The summed E-state index contributed by atoms with van der Waals surface area (Å²) in [4.78, 5) is 0. The second-order valence-electron chi connectivity index (χ2n) is 2.48. The summed E-state index contributed by atoms with van der Waals surface area (Å²) in [6, 6.07) is 0. The van der Waals surface area contributed by atoms with Gasteiger partial charge < -0.3 is 10.9 Å². The SMILES string of the molecule is C1=CC2=C(CC1)NNC=C2. The zero-order chi connectivity index (χ0) is 6.81. The molecule has 0 fully saturated rings. The number of nitrogens with one attached hydrogen (secondary N) is 2. The van der Waals surface area contributed by atoms with Crippen LogP contribution < -0.4 is 10.9 Å². The van der Waals surface area contributed by atoms with E-state index in [4.69, 9.17) is 0 Å². The molecule has 2 aliphatic rings. The number of hydrazine groups is 1. The topological polar surface area (TPSA) is 24.1 Å². The lowest BCUT2D eigenvalue weighted by Gasteiger charge is -2.19. The molecule has 1 aliphatic heterocycles. The van der Waals surface area contributed by atoms with E-state index in [-0.39, 0.29) is 0 Å². The Bertz CT molecular complexity index is 201. The Hall–Kier alpha value is -1.18. The molecule has 0 aromatic heterocycles. The summed E-state index contributed by atoms with van der Waals surface area (Å²) in [6.45, 7) is 0. The Morgan fingerprint density at radius 2 is 2.30 bits per heavy atom. The van der Waals surface area contributed by atoms with Crippen LogP contribution in [0.3, 0.4) is 0 Å². The van der Waals surface area contributed by atoms with Crippen LogP contribution in [0.2, 0.25) is 0 Å². The van der Waals surface area contributed by atoms with Gasteiger partial charge in [0.2, 0.25) is 0 Å². The van der Waals surface area contributed by atoms with Gasteiger partial charge in [-0.25, -0.2) is 0 Å². The van der Waals surface area contributed by atoms with Crippen LogP contribution in [0.25, 0.3) is 0 Å². The Balaban J connectivity index is 2.32. The summed E-state index contributed by atoms with van der Waals surface area (Å²) < 4.78 is 0. The lowest BCUT2D eigenvalue weighted by atomic mass is 10.0. The summed E-state index contributed by atoms with van der Waals surface area (Å²) in [7, 11) is 0. The fourth-order valence-electron chi connectivity index (χ4n) is 1.23. The van der Waals surface area contributed by atoms with Crippen molar-refractivity contribution in [2.75, 3.05) is 0 Å². The molecule has 0 saturated heterocycles. The highest BCUT2D eigenvalue weighted by Crippen LogP contribution is 2.18. The van der Waals surface area contributed by atoms with Crippen molar-refractivity contribution in [3.05, 3.63) is 35.7 Å². The maximum atomic E-state index is 3.11. The molecule has 52 valence electrons. The largest absolute Gasteiger partial charge is 0.308 e. The molecule has 0 saturated carbocycles. The fourth-order valence-corrected chi connectivity index (χ4v) is 1.23. The first-order valence-electron chi connectivity index (χ1n) is 3.54. The van der Waals surface area contributed by atoms with E-state index in [9.17, 15) is 0 Å². The van der Waals surface area contributed by atoms with Crippen molar-refractivity contribution in [2.24, 2.45) is 0 Å². The highest BCUT2D eigenvalue weighted by Gasteiger charge is 2.06. The molecule has 2 rings (SSSR count). The standard InChI is InChI=1S/C8H10N2/c1-2-4-8-7(3-1)5-6-9-10-8/h1,3,5-6,9-10H,2,4H2. The van der Waals surface area contributed by atoms with Crippen molar-refractivity contribution < 1.29 is 0 Å². The molecule has 0 aromatic rings. The monoisotopic (exact) mass is 134 g/mol. The highest BCUT2D eigenvalue weighted by atomic mass is 15.4. The molecule has 0 radical (unpaired) electrons. The second kappa shape index (κ2) is 2.21. The summed E-state index contributed by atoms with van der Waals surface area (Å²) >= 11 is 0. The van der Waals surface area contributed by atoms with Gasteiger partial charge in [-0.05, 0) is 24.5 Å². The maximum absolute atomic E-state index is 3.11. The smallest absolute Gasteiger partial charge is 0.0389 e. The van der Waals surface area contributed by atoms with Gasteiger partial charge in [-0.1, -0.05) is 12.2 Å². The van der Waals surface area contributed by atoms with E-state index in [0.717, 1.165) is 12.8 Å². The van der Waals surface area contributed by atoms with Gasteiger partial charge >= 0.3 is 0 Å². The molecule has 0 atom stereocenters. The number of hydrogen-bond acceptors (Lipinski definition) is 2. The van der Waals surface area contributed by atoms with Gasteiger partial charge in [-0.15, -0.1) is 0 Å². The molecule has 10 heavy (non-hydrogen) atoms. The average Bonchev–Trinajstić information content (AvgIpc) is 2.05. The predicted octanol–water partition coefficient (Wildman–Crippen LogP) is 1.21. The van der Waals surface area contributed by atoms with Crippen molar-refractivity contribution in [1.82, 2.24) is 10.9 Å². The number of hydrogen-bond donors (Lipinski definition) is 2. The molecule has 1 aliphatic carbocycles. The van der Waals surface area contributed by atoms with E-state index in [1.54, 1.807) is 0 Å². The molecule has 2 heteroatoms. The molecular formula is C8H10N2. The van der Waals surface area contributed by atoms with E-state index < -0.39 is 0 Å². The van der Waals surface area contributed by atoms with E-state index in [1.807, 2.05) is 6.20 Å². The molecule has 1 heterocycles. The van der Waals surface area contributed by atoms with E-state index in [2.05, 4.69) is 29.1 Å². The summed E-state index contributed by atoms with van der Waals surface area (Å²) in [6.07, 6.45) is 10.6. The fraction of sp³-hybridized carbons (Fsp3) is 0.250. The van der Waals surface area contributed by atoms with E-state index in [1.165, 1.54) is 11.3 Å². The van der Waals surface area contributed by atoms with Gasteiger partial charge in [0.05, 0.1) is 0 Å². The molecule has 2 nitrogen and oxygen atoms in total. The maximum Gasteiger partial charge on any atom is 0.0389 e. The van der Waals surface area contributed by atoms with Crippen molar-refractivity contribution in [3.63, 3.8) is 0 Å². The van der Waals surface area contributed by atoms with Crippen LogP contribution in [-0.4, -0.2) is 0 Å². The Labute approximate surface area is 60.3 Å². The van der Waals surface area contributed by atoms with Crippen molar-refractivity contribution in [2.45, 2.75) is 12.8 Å². The minimum Gasteiger partial charge on any atom is -0.308 e. The molecule has 0 bridgehead atoms. The van der Waals surface area contributed by atoms with Crippen LogP contribution in [0.5, 0.6) is 0 Å².